The Morgan fingerprint density at radius 2 is 2.16 bits per heavy atom. The highest BCUT2D eigenvalue weighted by atomic mass is 32.2. The van der Waals surface area contributed by atoms with Gasteiger partial charge >= 0.3 is 5.97 Å². The molecule has 0 unspecified atom stereocenters. The number of benzene rings is 1. The molecule has 0 spiro atoms. The van der Waals surface area contributed by atoms with E-state index in [1.165, 1.54) is 6.07 Å². The van der Waals surface area contributed by atoms with Gasteiger partial charge in [0.1, 0.15) is 11.6 Å². The van der Waals surface area contributed by atoms with Crippen LogP contribution in [0.3, 0.4) is 0 Å². The summed E-state index contributed by atoms with van der Waals surface area (Å²) in [6.45, 7) is 1.63. The maximum absolute atomic E-state index is 13.4. The molecule has 0 saturated carbocycles. The van der Waals surface area contributed by atoms with Crippen LogP contribution >= 0.6 is 0 Å². The smallest absolute Gasteiger partial charge is 0.321 e. The molecule has 0 heterocycles. The van der Waals surface area contributed by atoms with E-state index < -0.39 is 33.1 Å². The van der Waals surface area contributed by atoms with Gasteiger partial charge < -0.3 is 4.74 Å². The van der Waals surface area contributed by atoms with Gasteiger partial charge in [-0.25, -0.2) is 12.8 Å². The molecule has 7 heteroatoms. The Hall–Kier alpha value is -1.94. The summed E-state index contributed by atoms with van der Waals surface area (Å²) in [6, 6.07) is 5.21. The minimum atomic E-state index is -3.83. The van der Waals surface area contributed by atoms with E-state index >= 15 is 0 Å². The van der Waals surface area contributed by atoms with Crippen LogP contribution < -0.4 is 0 Å². The van der Waals surface area contributed by atoms with Gasteiger partial charge in [0.25, 0.3) is 0 Å². The van der Waals surface area contributed by atoms with Gasteiger partial charge in [0, 0.05) is 5.56 Å². The fraction of sp³-hybridized carbons (Fsp3) is 0.333. The van der Waals surface area contributed by atoms with Gasteiger partial charge in [-0.15, -0.1) is 0 Å². The molecule has 0 atom stereocenters. The maximum atomic E-state index is 13.4. The van der Waals surface area contributed by atoms with E-state index in [9.17, 15) is 17.6 Å². The molecule has 0 amide bonds. The lowest BCUT2D eigenvalue weighted by atomic mass is 10.1. The SMILES string of the molecule is CCOC(=O)CS(=O)(=O)Cc1cc(C#N)ccc1F. The third-order valence-corrected chi connectivity index (χ3v) is 3.62. The van der Waals surface area contributed by atoms with Crippen LogP contribution in [0.2, 0.25) is 0 Å². The molecule has 19 heavy (non-hydrogen) atoms. The number of hydrogen-bond donors (Lipinski definition) is 0. The second-order valence-corrected chi connectivity index (χ2v) is 5.82. The van der Waals surface area contributed by atoms with Crippen molar-refractivity contribution in [2.24, 2.45) is 0 Å². The molecule has 0 aromatic heterocycles. The molecule has 0 bridgehead atoms. The third-order valence-electron chi connectivity index (χ3n) is 2.19. The molecular weight excluding hydrogens is 273 g/mol. The molecule has 0 aliphatic carbocycles. The number of esters is 1. The lowest BCUT2D eigenvalue weighted by Gasteiger charge is -2.06. The number of hydrogen-bond acceptors (Lipinski definition) is 5. The molecule has 1 rings (SSSR count). The molecule has 0 aliphatic rings. The van der Waals surface area contributed by atoms with Crippen molar-refractivity contribution in [2.45, 2.75) is 12.7 Å². The van der Waals surface area contributed by atoms with Gasteiger partial charge in [-0.3, -0.25) is 4.79 Å². The zero-order chi connectivity index (χ0) is 14.5. The maximum Gasteiger partial charge on any atom is 0.321 e. The molecular formula is C12H12FNO4S. The monoisotopic (exact) mass is 285 g/mol. The number of carbonyl (C=O) groups excluding carboxylic acids is 1. The van der Waals surface area contributed by atoms with E-state index in [1.54, 1.807) is 13.0 Å². The topological polar surface area (TPSA) is 84.2 Å². The first-order valence-electron chi connectivity index (χ1n) is 5.42. The highest BCUT2D eigenvalue weighted by Crippen LogP contribution is 2.14. The number of rotatable bonds is 5. The molecule has 0 fully saturated rings. The summed E-state index contributed by atoms with van der Waals surface area (Å²) in [7, 11) is -3.83. The summed E-state index contributed by atoms with van der Waals surface area (Å²) in [5.41, 5.74) is 0.0195. The fourth-order valence-corrected chi connectivity index (χ4v) is 2.66. The summed E-state index contributed by atoms with van der Waals surface area (Å²) in [5, 5.41) is 8.67. The number of nitrogens with zero attached hydrogens (tertiary/aromatic N) is 1. The zero-order valence-electron chi connectivity index (χ0n) is 10.2. The fourth-order valence-electron chi connectivity index (χ4n) is 1.43. The molecule has 5 nitrogen and oxygen atoms in total. The van der Waals surface area contributed by atoms with Crippen LogP contribution in [-0.2, 0) is 25.1 Å². The van der Waals surface area contributed by atoms with Gasteiger partial charge in [-0.05, 0) is 25.1 Å². The van der Waals surface area contributed by atoms with E-state index in [1.807, 2.05) is 0 Å². The van der Waals surface area contributed by atoms with Gasteiger partial charge in [0.05, 0.1) is 24.0 Å². The highest BCUT2D eigenvalue weighted by Gasteiger charge is 2.20. The quantitative estimate of drug-likeness (QED) is 0.758. The van der Waals surface area contributed by atoms with E-state index in [0.717, 1.165) is 12.1 Å². The van der Waals surface area contributed by atoms with Gasteiger partial charge in [0.15, 0.2) is 9.84 Å². The summed E-state index contributed by atoms with van der Waals surface area (Å²) in [6.07, 6.45) is 0. The molecule has 0 radical (unpaired) electrons. The Balaban J connectivity index is 2.90. The van der Waals surface area contributed by atoms with E-state index in [-0.39, 0.29) is 17.7 Å². The number of halogens is 1. The molecule has 0 aliphatic heterocycles. The second-order valence-electron chi connectivity index (χ2n) is 3.76. The van der Waals surface area contributed by atoms with Crippen molar-refractivity contribution in [1.29, 1.82) is 5.26 Å². The lowest BCUT2D eigenvalue weighted by molar-refractivity contribution is -0.139. The van der Waals surface area contributed by atoms with Crippen molar-refractivity contribution in [2.75, 3.05) is 12.4 Å². The van der Waals surface area contributed by atoms with E-state index in [2.05, 4.69) is 4.74 Å². The average Bonchev–Trinajstić information content (AvgIpc) is 2.31. The van der Waals surface area contributed by atoms with Crippen molar-refractivity contribution in [3.05, 3.63) is 35.1 Å². The van der Waals surface area contributed by atoms with Crippen LogP contribution in [0.15, 0.2) is 18.2 Å². The number of ether oxygens (including phenoxy) is 1. The number of carbonyl (C=O) groups is 1. The van der Waals surface area contributed by atoms with E-state index in [0.29, 0.717) is 0 Å². The summed E-state index contributed by atoms with van der Waals surface area (Å²) in [4.78, 5) is 11.1. The Labute approximate surface area is 110 Å². The van der Waals surface area contributed by atoms with Gasteiger partial charge in [-0.1, -0.05) is 0 Å². The minimum Gasteiger partial charge on any atom is -0.465 e. The molecule has 1 aromatic rings. The van der Waals surface area contributed by atoms with Gasteiger partial charge in [-0.2, -0.15) is 5.26 Å². The van der Waals surface area contributed by atoms with Gasteiger partial charge in [0.2, 0.25) is 0 Å². The third kappa shape index (κ3) is 4.67. The van der Waals surface area contributed by atoms with Crippen molar-refractivity contribution in [1.82, 2.24) is 0 Å². The Morgan fingerprint density at radius 3 is 2.74 bits per heavy atom. The Morgan fingerprint density at radius 1 is 1.47 bits per heavy atom. The largest absolute Gasteiger partial charge is 0.465 e. The average molecular weight is 285 g/mol. The van der Waals surface area contributed by atoms with Crippen LogP contribution in [0.1, 0.15) is 18.1 Å². The molecule has 0 N–H and O–H groups in total. The predicted molar refractivity (Wildman–Crippen MR) is 65.2 cm³/mol. The first-order chi connectivity index (χ1) is 8.88. The molecule has 0 saturated heterocycles. The first kappa shape index (κ1) is 15.1. The Bertz CT molecular complexity index is 619. The number of nitriles is 1. The zero-order valence-corrected chi connectivity index (χ0v) is 11.0. The standard InChI is InChI=1S/C12H12FNO4S/c1-2-18-12(15)8-19(16,17)7-10-5-9(6-14)3-4-11(10)13/h3-5H,2,7-8H2,1H3. The van der Waals surface area contributed by atoms with Crippen molar-refractivity contribution in [3.63, 3.8) is 0 Å². The van der Waals surface area contributed by atoms with Crippen molar-refractivity contribution < 1.29 is 22.3 Å². The van der Waals surface area contributed by atoms with Crippen molar-refractivity contribution >= 4 is 15.8 Å². The summed E-state index contributed by atoms with van der Waals surface area (Å²) < 4.78 is 41.3. The minimum absolute atomic E-state index is 0.0760. The number of sulfone groups is 1. The van der Waals surface area contributed by atoms with Crippen LogP contribution in [0.25, 0.3) is 0 Å². The highest BCUT2D eigenvalue weighted by molar-refractivity contribution is 7.91. The first-order valence-corrected chi connectivity index (χ1v) is 7.24. The van der Waals surface area contributed by atoms with Crippen LogP contribution in [0.4, 0.5) is 4.39 Å². The second kappa shape index (κ2) is 6.29. The van der Waals surface area contributed by atoms with Crippen LogP contribution in [-0.4, -0.2) is 26.7 Å². The van der Waals surface area contributed by atoms with E-state index in [4.69, 9.17) is 5.26 Å². The normalized spacial score (nSPS) is 10.8. The summed E-state index contributed by atoms with van der Waals surface area (Å²) >= 11 is 0. The molecule has 102 valence electrons. The summed E-state index contributed by atoms with van der Waals surface area (Å²) in [5.74, 6) is -3.06. The molecule has 1 aromatic carbocycles. The van der Waals surface area contributed by atoms with Crippen LogP contribution in [0, 0.1) is 17.1 Å². The van der Waals surface area contributed by atoms with Crippen LogP contribution in [0.5, 0.6) is 0 Å². The predicted octanol–water partition coefficient (Wildman–Crippen LogP) is 1.18. The lowest BCUT2D eigenvalue weighted by Crippen LogP contribution is -2.20. The van der Waals surface area contributed by atoms with Crippen molar-refractivity contribution in [3.8, 4) is 6.07 Å². The Kier molecular flexibility index (Phi) is 5.01.